The van der Waals surface area contributed by atoms with Crippen LogP contribution in [0.3, 0.4) is 0 Å². The zero-order valence-electron chi connectivity index (χ0n) is 8.55. The molecule has 1 amide bonds. The number of hydrogen-bond acceptors (Lipinski definition) is 3. The highest BCUT2D eigenvalue weighted by Crippen LogP contribution is 2.05. The minimum absolute atomic E-state index is 0.257. The lowest BCUT2D eigenvalue weighted by atomic mass is 10.1. The van der Waals surface area contributed by atoms with E-state index in [-0.39, 0.29) is 11.5 Å². The van der Waals surface area contributed by atoms with Crippen molar-refractivity contribution in [3.63, 3.8) is 0 Å². The van der Waals surface area contributed by atoms with Crippen LogP contribution in [0.2, 0.25) is 0 Å². The van der Waals surface area contributed by atoms with Crippen LogP contribution in [0.15, 0.2) is 0 Å². The first-order chi connectivity index (χ1) is 5.93. The highest BCUT2D eigenvalue weighted by Gasteiger charge is 2.19. The summed E-state index contributed by atoms with van der Waals surface area (Å²) >= 11 is 0. The summed E-state index contributed by atoms with van der Waals surface area (Å²) in [7, 11) is 1.58. The van der Waals surface area contributed by atoms with Gasteiger partial charge in [0.25, 0.3) is 0 Å². The molecule has 0 rings (SSSR count). The molecular formula is C9H16N2O2. The summed E-state index contributed by atoms with van der Waals surface area (Å²) in [6.07, 6.45) is 0. The molecule has 0 spiro atoms. The summed E-state index contributed by atoms with van der Waals surface area (Å²) in [5.41, 5.74) is -0.384. The third kappa shape index (κ3) is 4.48. The maximum absolute atomic E-state index is 11.1. The van der Waals surface area contributed by atoms with E-state index in [0.717, 1.165) is 0 Å². The summed E-state index contributed by atoms with van der Waals surface area (Å²) < 4.78 is 5.10. The largest absolute Gasteiger partial charge is 0.377 e. The molecule has 0 radical (unpaired) electrons. The molecule has 4 heteroatoms. The minimum atomic E-state index is -0.604. The van der Waals surface area contributed by atoms with Crippen molar-refractivity contribution >= 4 is 5.91 Å². The van der Waals surface area contributed by atoms with E-state index in [2.05, 4.69) is 5.32 Å². The van der Waals surface area contributed by atoms with Gasteiger partial charge in [0.05, 0.1) is 11.7 Å². The van der Waals surface area contributed by atoms with Crippen molar-refractivity contribution < 1.29 is 9.53 Å². The van der Waals surface area contributed by atoms with Gasteiger partial charge in [0.15, 0.2) is 0 Å². The van der Waals surface area contributed by atoms with Crippen molar-refractivity contribution in [1.82, 2.24) is 5.32 Å². The predicted octanol–water partition coefficient (Wildman–Crippen LogP) is 0.687. The van der Waals surface area contributed by atoms with Crippen molar-refractivity contribution in [1.29, 1.82) is 5.26 Å². The van der Waals surface area contributed by atoms with Gasteiger partial charge in [0.1, 0.15) is 5.92 Å². The smallest absolute Gasteiger partial charge is 0.237 e. The van der Waals surface area contributed by atoms with Crippen LogP contribution in [0.1, 0.15) is 20.8 Å². The third-order valence-electron chi connectivity index (χ3n) is 1.83. The van der Waals surface area contributed by atoms with E-state index in [0.29, 0.717) is 6.54 Å². The Hall–Kier alpha value is -1.08. The second-order valence-corrected chi connectivity index (χ2v) is 3.53. The lowest BCUT2D eigenvalue weighted by Crippen LogP contribution is -2.41. The quantitative estimate of drug-likeness (QED) is 0.699. The Bertz CT molecular complexity index is 218. The van der Waals surface area contributed by atoms with Crippen LogP contribution >= 0.6 is 0 Å². The summed E-state index contributed by atoms with van der Waals surface area (Å²) in [6.45, 7) is 5.71. The van der Waals surface area contributed by atoms with E-state index in [9.17, 15) is 4.79 Å². The molecule has 0 saturated carbocycles. The van der Waals surface area contributed by atoms with Gasteiger partial charge in [0, 0.05) is 13.7 Å². The molecule has 0 saturated heterocycles. The topological polar surface area (TPSA) is 62.1 Å². The molecule has 0 aliphatic carbocycles. The molecule has 1 N–H and O–H groups in total. The van der Waals surface area contributed by atoms with Crippen molar-refractivity contribution in [2.75, 3.05) is 13.7 Å². The molecule has 0 aliphatic heterocycles. The van der Waals surface area contributed by atoms with Crippen LogP contribution in [0.4, 0.5) is 0 Å². The van der Waals surface area contributed by atoms with Gasteiger partial charge in [-0.2, -0.15) is 5.26 Å². The van der Waals surface area contributed by atoms with Gasteiger partial charge < -0.3 is 10.1 Å². The second-order valence-electron chi connectivity index (χ2n) is 3.53. The van der Waals surface area contributed by atoms with Crippen LogP contribution in [0.5, 0.6) is 0 Å². The normalized spacial score (nSPS) is 13.2. The van der Waals surface area contributed by atoms with Gasteiger partial charge in [-0.25, -0.2) is 0 Å². The van der Waals surface area contributed by atoms with Gasteiger partial charge in [0.2, 0.25) is 5.91 Å². The lowest BCUT2D eigenvalue weighted by molar-refractivity contribution is -0.124. The molecule has 0 bridgehead atoms. The molecule has 74 valence electrons. The van der Waals surface area contributed by atoms with E-state index in [1.807, 2.05) is 19.9 Å². The number of carbonyl (C=O) groups is 1. The molecule has 0 aliphatic rings. The Kier molecular flexibility index (Phi) is 4.43. The molecule has 0 fully saturated rings. The fourth-order valence-corrected chi connectivity index (χ4v) is 0.584. The molecule has 1 unspecified atom stereocenters. The van der Waals surface area contributed by atoms with Crippen molar-refractivity contribution in [2.24, 2.45) is 5.92 Å². The molecule has 1 atom stereocenters. The van der Waals surface area contributed by atoms with Gasteiger partial charge >= 0.3 is 0 Å². The fourth-order valence-electron chi connectivity index (χ4n) is 0.584. The molecule has 13 heavy (non-hydrogen) atoms. The number of nitrogens with one attached hydrogen (secondary N) is 1. The maximum atomic E-state index is 11.1. The zero-order chi connectivity index (χ0) is 10.5. The highest BCUT2D eigenvalue weighted by molar-refractivity contribution is 5.80. The third-order valence-corrected chi connectivity index (χ3v) is 1.83. The van der Waals surface area contributed by atoms with E-state index in [1.54, 1.807) is 14.0 Å². The Morgan fingerprint density at radius 2 is 2.23 bits per heavy atom. The fraction of sp³-hybridized carbons (Fsp3) is 0.778. The molecule has 0 aromatic heterocycles. The van der Waals surface area contributed by atoms with E-state index >= 15 is 0 Å². The van der Waals surface area contributed by atoms with Crippen LogP contribution < -0.4 is 5.32 Å². The number of nitrogens with zero attached hydrogens (tertiary/aromatic N) is 1. The number of hydrogen-bond donors (Lipinski definition) is 1. The average Bonchev–Trinajstić information content (AvgIpc) is 2.13. The van der Waals surface area contributed by atoms with Crippen molar-refractivity contribution in [2.45, 2.75) is 26.4 Å². The summed E-state index contributed by atoms with van der Waals surface area (Å²) in [5.74, 6) is -0.861. The summed E-state index contributed by atoms with van der Waals surface area (Å²) in [5, 5.41) is 11.1. The van der Waals surface area contributed by atoms with E-state index in [4.69, 9.17) is 10.00 Å². The number of amides is 1. The zero-order valence-corrected chi connectivity index (χ0v) is 8.55. The number of rotatable bonds is 4. The molecule has 0 aromatic rings. The Morgan fingerprint density at radius 3 is 2.62 bits per heavy atom. The van der Waals surface area contributed by atoms with Gasteiger partial charge in [-0.1, -0.05) is 0 Å². The molecule has 0 heterocycles. The van der Waals surface area contributed by atoms with Gasteiger partial charge in [-0.3, -0.25) is 4.79 Å². The van der Waals surface area contributed by atoms with Crippen molar-refractivity contribution in [3.05, 3.63) is 0 Å². The number of nitriles is 1. The average molecular weight is 184 g/mol. The Labute approximate surface area is 78.9 Å². The lowest BCUT2D eigenvalue weighted by Gasteiger charge is -2.23. The monoisotopic (exact) mass is 184 g/mol. The standard InChI is InChI=1S/C9H16N2O2/c1-7(5-10)8(12)11-6-9(2,3)13-4/h7H,6H2,1-4H3,(H,11,12). The van der Waals surface area contributed by atoms with E-state index < -0.39 is 5.92 Å². The number of ether oxygens (including phenoxy) is 1. The number of methoxy groups -OCH3 is 1. The molecular weight excluding hydrogens is 168 g/mol. The predicted molar refractivity (Wildman–Crippen MR) is 48.9 cm³/mol. The number of carbonyl (C=O) groups excluding carboxylic acids is 1. The van der Waals surface area contributed by atoms with Crippen LogP contribution in [0, 0.1) is 17.2 Å². The van der Waals surface area contributed by atoms with Crippen LogP contribution in [-0.2, 0) is 9.53 Å². The highest BCUT2D eigenvalue weighted by atomic mass is 16.5. The van der Waals surface area contributed by atoms with Crippen molar-refractivity contribution in [3.8, 4) is 6.07 Å². The first-order valence-corrected chi connectivity index (χ1v) is 4.15. The van der Waals surface area contributed by atoms with E-state index in [1.165, 1.54) is 0 Å². The van der Waals surface area contributed by atoms with Crippen LogP contribution in [-0.4, -0.2) is 25.2 Å². The Balaban J connectivity index is 3.91. The summed E-state index contributed by atoms with van der Waals surface area (Å²) in [6, 6.07) is 1.87. The molecule has 4 nitrogen and oxygen atoms in total. The van der Waals surface area contributed by atoms with Gasteiger partial charge in [-0.15, -0.1) is 0 Å². The SMILES string of the molecule is COC(C)(C)CNC(=O)C(C)C#N. The summed E-state index contributed by atoms with van der Waals surface area (Å²) in [4.78, 5) is 11.1. The Morgan fingerprint density at radius 1 is 1.69 bits per heavy atom. The van der Waals surface area contributed by atoms with Crippen LogP contribution in [0.25, 0.3) is 0 Å². The minimum Gasteiger partial charge on any atom is -0.377 e. The second kappa shape index (κ2) is 4.83. The molecule has 0 aromatic carbocycles. The van der Waals surface area contributed by atoms with Gasteiger partial charge in [-0.05, 0) is 20.8 Å². The maximum Gasteiger partial charge on any atom is 0.237 e. The first-order valence-electron chi connectivity index (χ1n) is 4.15. The first kappa shape index (κ1) is 11.9.